The first-order valence-corrected chi connectivity index (χ1v) is 6.22. The van der Waals surface area contributed by atoms with Gasteiger partial charge in [-0.25, -0.2) is 20.4 Å². The molecule has 0 aliphatic carbocycles. The summed E-state index contributed by atoms with van der Waals surface area (Å²) in [6.45, 7) is 6.44. The zero-order valence-electron chi connectivity index (χ0n) is 12.4. The third kappa shape index (κ3) is 6.79. The van der Waals surface area contributed by atoms with E-state index < -0.39 is 0 Å². The highest BCUT2D eigenvalue weighted by Crippen LogP contribution is 2.22. The Morgan fingerprint density at radius 1 is 0.762 bits per heavy atom. The van der Waals surface area contributed by atoms with Crippen molar-refractivity contribution in [2.24, 2.45) is 0 Å². The van der Waals surface area contributed by atoms with Crippen LogP contribution in [0.4, 0.5) is 0 Å². The van der Waals surface area contributed by atoms with Crippen LogP contribution in [-0.2, 0) is 9.59 Å². The monoisotopic (exact) mass is 282 g/mol. The maximum absolute atomic E-state index is 8.35. The molecule has 0 saturated heterocycles. The Morgan fingerprint density at radius 2 is 1.29 bits per heavy atom. The van der Waals surface area contributed by atoms with E-state index in [4.69, 9.17) is 20.4 Å². The minimum Gasteiger partial charge on any atom is -0.222 e. The number of nitrogens with one attached hydrogen (secondary N) is 2. The molecule has 0 bridgehead atoms. The van der Waals surface area contributed by atoms with Gasteiger partial charge in [0.05, 0.1) is 0 Å². The summed E-state index contributed by atoms with van der Waals surface area (Å²) in [6.07, 6.45) is 1.50. The third-order valence-corrected chi connectivity index (χ3v) is 2.86. The molecule has 2 N–H and O–H groups in total. The second kappa shape index (κ2) is 10.0. The van der Waals surface area contributed by atoms with E-state index in [2.05, 4.69) is 63.2 Å². The topological polar surface area (TPSA) is 81.8 Å². The molecular weight excluding hydrogens is 264 g/mol. The zero-order chi connectivity index (χ0) is 16.3. The smallest absolute Gasteiger partial charge is 0.222 e. The van der Waals surface area contributed by atoms with Gasteiger partial charge >= 0.3 is 0 Å². The summed E-state index contributed by atoms with van der Waals surface area (Å²) < 4.78 is 0. The summed E-state index contributed by atoms with van der Waals surface area (Å²) in [5, 5.41) is 10.8. The van der Waals surface area contributed by atoms with Gasteiger partial charge in [-0.1, -0.05) is 48.0 Å². The molecule has 0 aromatic heterocycles. The van der Waals surface area contributed by atoms with Crippen LogP contribution < -0.4 is 0 Å². The van der Waals surface area contributed by atoms with E-state index in [1.807, 2.05) is 0 Å². The summed E-state index contributed by atoms with van der Waals surface area (Å²) in [5.74, 6) is 0. The summed E-state index contributed by atoms with van der Waals surface area (Å²) in [6, 6.07) is 15.3. The van der Waals surface area contributed by atoms with Crippen LogP contribution in [0.25, 0.3) is 11.1 Å². The molecule has 4 heteroatoms. The van der Waals surface area contributed by atoms with Crippen molar-refractivity contribution >= 4 is 12.2 Å². The summed E-state index contributed by atoms with van der Waals surface area (Å²) >= 11 is 0. The molecule has 0 saturated carbocycles. The molecule has 21 heavy (non-hydrogen) atoms. The molecule has 0 aliphatic heterocycles. The summed E-state index contributed by atoms with van der Waals surface area (Å²) in [5.41, 5.74) is 6.63. The molecule has 0 heterocycles. The van der Waals surface area contributed by atoms with Crippen LogP contribution in [-0.4, -0.2) is 12.2 Å². The first-order chi connectivity index (χ1) is 9.99. The van der Waals surface area contributed by atoms with E-state index in [0.29, 0.717) is 0 Å². The van der Waals surface area contributed by atoms with E-state index in [0.717, 1.165) is 12.2 Å². The largest absolute Gasteiger partial charge is 0.231 e. The van der Waals surface area contributed by atoms with Crippen molar-refractivity contribution in [1.29, 1.82) is 10.8 Å². The normalized spacial score (nSPS) is 8.14. The van der Waals surface area contributed by atoms with Gasteiger partial charge in [-0.05, 0) is 43.0 Å². The lowest BCUT2D eigenvalue weighted by Gasteiger charge is -2.06. The van der Waals surface area contributed by atoms with E-state index >= 15 is 0 Å². The fourth-order valence-electron chi connectivity index (χ4n) is 1.75. The van der Waals surface area contributed by atoms with Gasteiger partial charge in [-0.2, -0.15) is 0 Å². The van der Waals surface area contributed by atoms with Crippen molar-refractivity contribution in [3.8, 4) is 11.1 Å². The average molecular weight is 282 g/mol. The molecule has 0 spiro atoms. The lowest BCUT2D eigenvalue weighted by molar-refractivity contribution is 0.562. The lowest BCUT2D eigenvalue weighted by atomic mass is 9.99. The van der Waals surface area contributed by atoms with Crippen molar-refractivity contribution in [2.45, 2.75) is 20.8 Å². The van der Waals surface area contributed by atoms with Crippen LogP contribution in [0, 0.1) is 31.6 Å². The van der Waals surface area contributed by atoms with E-state index in [1.165, 1.54) is 27.8 Å². The Labute approximate surface area is 124 Å². The second-order valence-electron chi connectivity index (χ2n) is 4.37. The van der Waals surface area contributed by atoms with Gasteiger partial charge in [-0.3, -0.25) is 0 Å². The first-order valence-electron chi connectivity index (χ1n) is 6.22. The van der Waals surface area contributed by atoms with Crippen LogP contribution in [0.1, 0.15) is 16.7 Å². The van der Waals surface area contributed by atoms with Gasteiger partial charge in [0.1, 0.15) is 0 Å². The molecule has 0 atom stereocenters. The van der Waals surface area contributed by atoms with Gasteiger partial charge in [0.25, 0.3) is 0 Å². The van der Waals surface area contributed by atoms with Crippen molar-refractivity contribution in [3.05, 3.63) is 59.2 Å². The SMILES string of the molecule is Cc1cccc(-c2ccc(C)c(C)c2)c1.N=C=O.N=C=O. The molecule has 0 radical (unpaired) electrons. The Hall–Kier alpha value is -2.80. The number of rotatable bonds is 1. The maximum Gasteiger partial charge on any atom is 0.231 e. The Morgan fingerprint density at radius 3 is 1.76 bits per heavy atom. The number of carbonyl (C=O) groups excluding carboxylic acids is 2. The third-order valence-electron chi connectivity index (χ3n) is 2.86. The molecule has 0 unspecified atom stereocenters. The van der Waals surface area contributed by atoms with Gasteiger partial charge in [-0.15, -0.1) is 0 Å². The van der Waals surface area contributed by atoms with E-state index in [1.54, 1.807) is 0 Å². The molecular formula is C17H18N2O2. The highest BCUT2D eigenvalue weighted by atomic mass is 16.1. The minimum absolute atomic E-state index is 0.750. The number of benzene rings is 2. The Bertz CT molecular complexity index is 640. The van der Waals surface area contributed by atoms with Crippen molar-refractivity contribution in [2.75, 3.05) is 0 Å². The maximum atomic E-state index is 8.35. The Balaban J connectivity index is 0.000000578. The van der Waals surface area contributed by atoms with Gasteiger partial charge in [0, 0.05) is 0 Å². The highest BCUT2D eigenvalue weighted by Gasteiger charge is 1.99. The molecule has 2 aromatic rings. The number of aryl methyl sites for hydroxylation is 3. The van der Waals surface area contributed by atoms with Crippen LogP contribution >= 0.6 is 0 Å². The van der Waals surface area contributed by atoms with Gasteiger partial charge in [0.15, 0.2) is 0 Å². The molecule has 2 aromatic carbocycles. The second-order valence-corrected chi connectivity index (χ2v) is 4.37. The van der Waals surface area contributed by atoms with Crippen LogP contribution in [0.5, 0.6) is 0 Å². The molecule has 2 rings (SSSR count). The summed E-state index contributed by atoms with van der Waals surface area (Å²) in [7, 11) is 0. The quantitative estimate of drug-likeness (QED) is 0.610. The van der Waals surface area contributed by atoms with Crippen LogP contribution in [0.2, 0.25) is 0 Å². The molecule has 0 amide bonds. The minimum atomic E-state index is 0.750. The summed E-state index contributed by atoms with van der Waals surface area (Å²) in [4.78, 5) is 16.7. The van der Waals surface area contributed by atoms with Crippen LogP contribution in [0.15, 0.2) is 42.5 Å². The fraction of sp³-hybridized carbons (Fsp3) is 0.176. The highest BCUT2D eigenvalue weighted by molar-refractivity contribution is 5.65. The standard InChI is InChI=1S/C15H16.2CHNO/c1-11-5-4-6-14(9-11)15-8-7-12(2)13(3)10-15;2*2-1-3/h4-10H,1-3H3;2*2H. The van der Waals surface area contributed by atoms with E-state index in [9.17, 15) is 0 Å². The zero-order valence-corrected chi connectivity index (χ0v) is 12.4. The lowest BCUT2D eigenvalue weighted by Crippen LogP contribution is -1.84. The predicted octanol–water partition coefficient (Wildman–Crippen LogP) is 4.08. The van der Waals surface area contributed by atoms with Crippen LogP contribution in [0.3, 0.4) is 0 Å². The molecule has 4 nitrogen and oxygen atoms in total. The first kappa shape index (κ1) is 18.2. The van der Waals surface area contributed by atoms with Crippen molar-refractivity contribution < 1.29 is 9.59 Å². The van der Waals surface area contributed by atoms with Gasteiger partial charge in [0.2, 0.25) is 12.2 Å². The predicted molar refractivity (Wildman–Crippen MR) is 82.9 cm³/mol. The van der Waals surface area contributed by atoms with Crippen molar-refractivity contribution in [1.82, 2.24) is 0 Å². The molecule has 0 fully saturated rings. The molecule has 108 valence electrons. The number of isocyanates is 2. The fourth-order valence-corrected chi connectivity index (χ4v) is 1.75. The molecule has 0 aliphatic rings. The van der Waals surface area contributed by atoms with E-state index in [-0.39, 0.29) is 0 Å². The number of hydrogen-bond acceptors (Lipinski definition) is 4. The Kier molecular flexibility index (Phi) is 8.70. The van der Waals surface area contributed by atoms with Gasteiger partial charge < -0.3 is 0 Å². The number of hydrogen-bond donors (Lipinski definition) is 2. The average Bonchev–Trinajstić information content (AvgIpc) is 2.44. The van der Waals surface area contributed by atoms with Crippen molar-refractivity contribution in [3.63, 3.8) is 0 Å².